The van der Waals surface area contributed by atoms with E-state index in [4.69, 9.17) is 9.47 Å². The fraction of sp³-hybridized carbons (Fsp3) is 0.500. The fourth-order valence-electron chi connectivity index (χ4n) is 2.45. The predicted octanol–water partition coefficient (Wildman–Crippen LogP) is 2.15. The first kappa shape index (κ1) is 17.2. The van der Waals surface area contributed by atoms with E-state index in [0.717, 1.165) is 12.1 Å². The summed E-state index contributed by atoms with van der Waals surface area (Å²) in [7, 11) is 0. The van der Waals surface area contributed by atoms with Crippen LogP contribution >= 0.6 is 0 Å². The fourth-order valence-corrected chi connectivity index (χ4v) is 2.45. The number of rotatable bonds is 5. The molecule has 0 atom stereocenters. The summed E-state index contributed by atoms with van der Waals surface area (Å²) < 4.78 is 36.3. The number of amides is 1. The molecular weight excluding hydrogens is 308 g/mol. The SMILES string of the molecule is CCOC(=O)C1CCN(C(=O)COc2ccc(F)cc2F)CC1. The predicted molar refractivity (Wildman–Crippen MR) is 77.8 cm³/mol. The number of hydrogen-bond donors (Lipinski definition) is 0. The van der Waals surface area contributed by atoms with E-state index in [2.05, 4.69) is 0 Å². The first-order chi connectivity index (χ1) is 11.0. The Morgan fingerprint density at radius 1 is 1.26 bits per heavy atom. The molecule has 0 spiro atoms. The van der Waals surface area contributed by atoms with Gasteiger partial charge in [-0.1, -0.05) is 0 Å². The highest BCUT2D eigenvalue weighted by Gasteiger charge is 2.28. The molecule has 1 aliphatic rings. The van der Waals surface area contributed by atoms with Crippen LogP contribution in [0.1, 0.15) is 19.8 Å². The Bertz CT molecular complexity index is 571. The van der Waals surface area contributed by atoms with Gasteiger partial charge in [-0.25, -0.2) is 8.78 Å². The van der Waals surface area contributed by atoms with Crippen molar-refractivity contribution >= 4 is 11.9 Å². The van der Waals surface area contributed by atoms with Crippen molar-refractivity contribution in [2.75, 3.05) is 26.3 Å². The van der Waals surface area contributed by atoms with Crippen molar-refractivity contribution < 1.29 is 27.8 Å². The number of piperidine rings is 1. The second-order valence-corrected chi connectivity index (χ2v) is 5.27. The third-order valence-corrected chi connectivity index (χ3v) is 3.71. The van der Waals surface area contributed by atoms with Crippen molar-refractivity contribution in [2.45, 2.75) is 19.8 Å². The summed E-state index contributed by atoms with van der Waals surface area (Å²) in [6, 6.07) is 2.91. The third kappa shape index (κ3) is 4.64. The molecular formula is C16H19F2NO4. The van der Waals surface area contributed by atoms with Crippen molar-refractivity contribution in [3.63, 3.8) is 0 Å². The summed E-state index contributed by atoms with van der Waals surface area (Å²) in [6.07, 6.45) is 1.07. The van der Waals surface area contributed by atoms with Crippen LogP contribution in [0.4, 0.5) is 8.78 Å². The van der Waals surface area contributed by atoms with E-state index in [0.29, 0.717) is 38.6 Å². The number of halogens is 2. The molecule has 5 nitrogen and oxygen atoms in total. The molecule has 2 rings (SSSR count). The highest BCUT2D eigenvalue weighted by Crippen LogP contribution is 2.20. The minimum absolute atomic E-state index is 0.166. The summed E-state index contributed by atoms with van der Waals surface area (Å²) in [5.41, 5.74) is 0. The molecule has 0 bridgehead atoms. The topological polar surface area (TPSA) is 55.8 Å². The van der Waals surface area contributed by atoms with Gasteiger partial charge >= 0.3 is 5.97 Å². The minimum atomic E-state index is -0.848. The van der Waals surface area contributed by atoms with E-state index >= 15 is 0 Å². The molecule has 1 amide bonds. The zero-order valence-electron chi connectivity index (χ0n) is 12.9. The number of ether oxygens (including phenoxy) is 2. The molecule has 1 aromatic rings. The van der Waals surface area contributed by atoms with Gasteiger partial charge in [-0.3, -0.25) is 9.59 Å². The molecule has 0 radical (unpaired) electrons. The highest BCUT2D eigenvalue weighted by atomic mass is 19.1. The Balaban J connectivity index is 1.80. The first-order valence-electron chi connectivity index (χ1n) is 7.53. The van der Waals surface area contributed by atoms with Gasteiger partial charge in [-0.05, 0) is 31.9 Å². The Labute approximate surface area is 133 Å². The molecule has 0 unspecified atom stereocenters. The Morgan fingerprint density at radius 2 is 1.96 bits per heavy atom. The number of carbonyl (C=O) groups is 2. The van der Waals surface area contributed by atoms with Gasteiger partial charge in [0.05, 0.1) is 12.5 Å². The van der Waals surface area contributed by atoms with Crippen LogP contribution in [0.2, 0.25) is 0 Å². The maximum absolute atomic E-state index is 13.4. The molecule has 0 aliphatic carbocycles. The number of hydrogen-bond acceptors (Lipinski definition) is 4. The molecule has 7 heteroatoms. The van der Waals surface area contributed by atoms with E-state index < -0.39 is 11.6 Å². The monoisotopic (exact) mass is 327 g/mol. The smallest absolute Gasteiger partial charge is 0.309 e. The van der Waals surface area contributed by atoms with Crippen molar-refractivity contribution in [3.05, 3.63) is 29.8 Å². The van der Waals surface area contributed by atoms with Crippen LogP contribution in [-0.2, 0) is 14.3 Å². The lowest BCUT2D eigenvalue weighted by atomic mass is 9.97. The lowest BCUT2D eigenvalue weighted by Crippen LogP contribution is -2.42. The molecule has 1 aliphatic heterocycles. The van der Waals surface area contributed by atoms with Gasteiger partial charge in [0.1, 0.15) is 5.82 Å². The van der Waals surface area contributed by atoms with Gasteiger partial charge < -0.3 is 14.4 Å². The zero-order chi connectivity index (χ0) is 16.8. The second kappa shape index (κ2) is 7.89. The lowest BCUT2D eigenvalue weighted by Gasteiger charge is -2.30. The maximum Gasteiger partial charge on any atom is 0.309 e. The van der Waals surface area contributed by atoms with Crippen LogP contribution in [0.3, 0.4) is 0 Å². The van der Waals surface area contributed by atoms with Crippen molar-refractivity contribution in [1.29, 1.82) is 0 Å². The summed E-state index contributed by atoms with van der Waals surface area (Å²) >= 11 is 0. The number of nitrogens with zero attached hydrogens (tertiary/aromatic N) is 1. The number of likely N-dealkylation sites (tertiary alicyclic amines) is 1. The van der Waals surface area contributed by atoms with Crippen LogP contribution < -0.4 is 4.74 Å². The molecule has 0 aromatic heterocycles. The molecule has 23 heavy (non-hydrogen) atoms. The van der Waals surface area contributed by atoms with Crippen LogP contribution in [0.25, 0.3) is 0 Å². The quantitative estimate of drug-likeness (QED) is 0.778. The Morgan fingerprint density at radius 3 is 2.57 bits per heavy atom. The van der Waals surface area contributed by atoms with Crippen LogP contribution in [0.15, 0.2) is 18.2 Å². The molecule has 1 aromatic carbocycles. The highest BCUT2D eigenvalue weighted by molar-refractivity contribution is 5.78. The molecule has 0 saturated carbocycles. The van der Waals surface area contributed by atoms with E-state index in [-0.39, 0.29) is 30.2 Å². The second-order valence-electron chi connectivity index (χ2n) is 5.27. The normalized spacial score (nSPS) is 15.3. The summed E-state index contributed by atoms with van der Waals surface area (Å²) in [5.74, 6) is -2.43. The zero-order valence-corrected chi connectivity index (χ0v) is 12.9. The van der Waals surface area contributed by atoms with Crippen LogP contribution in [0, 0.1) is 17.6 Å². The molecule has 0 N–H and O–H groups in total. The molecule has 126 valence electrons. The molecule has 1 heterocycles. The van der Waals surface area contributed by atoms with Crippen molar-refractivity contribution in [2.24, 2.45) is 5.92 Å². The largest absolute Gasteiger partial charge is 0.481 e. The summed E-state index contributed by atoms with van der Waals surface area (Å²) in [4.78, 5) is 25.2. The van der Waals surface area contributed by atoms with E-state index in [9.17, 15) is 18.4 Å². The number of benzene rings is 1. The van der Waals surface area contributed by atoms with Gasteiger partial charge in [-0.2, -0.15) is 0 Å². The summed E-state index contributed by atoms with van der Waals surface area (Å²) in [6.45, 7) is 2.62. The third-order valence-electron chi connectivity index (χ3n) is 3.71. The van der Waals surface area contributed by atoms with Crippen LogP contribution in [0.5, 0.6) is 5.75 Å². The Kier molecular flexibility index (Phi) is 5.90. The van der Waals surface area contributed by atoms with Gasteiger partial charge in [-0.15, -0.1) is 0 Å². The number of carbonyl (C=O) groups excluding carboxylic acids is 2. The van der Waals surface area contributed by atoms with Crippen LogP contribution in [-0.4, -0.2) is 43.1 Å². The van der Waals surface area contributed by atoms with E-state index in [1.165, 1.54) is 0 Å². The van der Waals surface area contributed by atoms with E-state index in [1.807, 2.05) is 0 Å². The molecule has 1 fully saturated rings. The lowest BCUT2D eigenvalue weighted by molar-refractivity contribution is -0.151. The first-order valence-corrected chi connectivity index (χ1v) is 7.53. The summed E-state index contributed by atoms with van der Waals surface area (Å²) in [5, 5.41) is 0. The van der Waals surface area contributed by atoms with Gasteiger partial charge in [0.25, 0.3) is 5.91 Å². The minimum Gasteiger partial charge on any atom is -0.481 e. The van der Waals surface area contributed by atoms with Crippen molar-refractivity contribution in [3.8, 4) is 5.75 Å². The van der Waals surface area contributed by atoms with Gasteiger partial charge in [0.2, 0.25) is 0 Å². The average Bonchev–Trinajstić information content (AvgIpc) is 2.54. The van der Waals surface area contributed by atoms with E-state index in [1.54, 1.807) is 11.8 Å². The van der Waals surface area contributed by atoms with Gasteiger partial charge in [0.15, 0.2) is 18.2 Å². The standard InChI is InChI=1S/C16H19F2NO4/c1-2-22-16(21)11-5-7-19(8-6-11)15(20)10-23-14-4-3-12(17)9-13(14)18/h3-4,9,11H,2,5-8,10H2,1H3. The number of esters is 1. The average molecular weight is 327 g/mol. The van der Waals surface area contributed by atoms with Gasteiger partial charge in [0, 0.05) is 19.2 Å². The van der Waals surface area contributed by atoms with Crippen molar-refractivity contribution in [1.82, 2.24) is 4.90 Å². The molecule has 1 saturated heterocycles. The maximum atomic E-state index is 13.4. The Hall–Kier alpha value is -2.18.